The van der Waals surface area contributed by atoms with Crippen molar-refractivity contribution < 1.29 is 24.0 Å². The van der Waals surface area contributed by atoms with Crippen LogP contribution in [0.5, 0.6) is 0 Å². The van der Waals surface area contributed by atoms with Crippen LogP contribution in [0.25, 0.3) is 10.8 Å². The van der Waals surface area contributed by atoms with Crippen molar-refractivity contribution >= 4 is 58.4 Å². The molecule has 11 N–H and O–H groups in total. The number of nitrogens with two attached hydrogens (primary N) is 3. The Labute approximate surface area is 310 Å². The average molecular weight is 826 g/mol. The molecule has 14 nitrogen and oxygen atoms in total. The second kappa shape index (κ2) is 19.1. The van der Waals surface area contributed by atoms with Gasteiger partial charge in [-0.3, -0.25) is 0 Å². The molecule has 3 aromatic carbocycles. The van der Waals surface area contributed by atoms with E-state index in [0.29, 0.717) is 29.5 Å². The molecule has 52 heavy (non-hydrogen) atoms. The van der Waals surface area contributed by atoms with Gasteiger partial charge in [0.25, 0.3) is 0 Å². The van der Waals surface area contributed by atoms with Crippen LogP contribution in [0, 0.1) is 0 Å². The number of imidazole rings is 1. The number of aromatic amines is 1. The normalized spacial score (nSPS) is 13.3. The molecule has 1 aromatic heterocycles. The van der Waals surface area contributed by atoms with Gasteiger partial charge in [-0.1, -0.05) is 6.07 Å². The van der Waals surface area contributed by atoms with Crippen molar-refractivity contribution in [3.8, 4) is 0 Å². The Bertz CT molecular complexity index is 1820. The van der Waals surface area contributed by atoms with E-state index in [1.165, 1.54) is 26.4 Å². The number of benzene rings is 3. The first-order valence-corrected chi connectivity index (χ1v) is 20.7. The third kappa shape index (κ3) is 12.1. The van der Waals surface area contributed by atoms with E-state index in [2.05, 4.69) is 29.4 Å². The quantitative estimate of drug-likeness (QED) is 0.0174. The zero-order valence-electron chi connectivity index (χ0n) is 29.4. The van der Waals surface area contributed by atoms with Crippen LogP contribution in [0.1, 0.15) is 43.5 Å². The summed E-state index contributed by atoms with van der Waals surface area (Å²) in [6.45, 7) is 3.49. The van der Waals surface area contributed by atoms with Gasteiger partial charge in [-0.05, 0) is 13.8 Å². The summed E-state index contributed by atoms with van der Waals surface area (Å²) in [5.74, 6) is -2.38. The summed E-state index contributed by atoms with van der Waals surface area (Å²) < 4.78 is 2.75. The molecule has 0 aliphatic rings. The number of carbonyl (C=O) groups is 5. The monoisotopic (exact) mass is 825 g/mol. The average Bonchev–Trinajstić information content (AvgIpc) is 3.63. The molecule has 3 unspecified atom stereocenters. The van der Waals surface area contributed by atoms with Gasteiger partial charge in [-0.15, -0.1) is 0 Å². The number of amides is 5. The molecular formula is C37H48IN9O5. The van der Waals surface area contributed by atoms with Crippen molar-refractivity contribution in [1.82, 2.24) is 29.4 Å². The van der Waals surface area contributed by atoms with Crippen LogP contribution in [0.3, 0.4) is 0 Å². The number of primary amides is 1. The number of halogens is 1. The first-order chi connectivity index (χ1) is 24.8. The summed E-state index contributed by atoms with van der Waals surface area (Å²) in [6, 6.07) is 19.2. The SMILES string of the molecule is CC(C)(N)C(=O)NC(Cc1cnc[nH]1)C(=O)NC(Cc1ccc2ccccc2c1)C(=O)NC(Cc1ccccc1)C(=O)NI(CCCCN)C(N)=O. The predicted octanol–water partition coefficient (Wildman–Crippen LogP) is 2.14. The number of rotatable bonds is 19. The number of unbranched alkanes of at least 4 members (excludes halogenated alkanes) is 1. The molecule has 4 aromatic rings. The van der Waals surface area contributed by atoms with E-state index in [0.717, 1.165) is 21.9 Å². The number of carbonyl (C=O) groups excluding carboxylic acids is 5. The van der Waals surface area contributed by atoms with Crippen LogP contribution in [0.4, 0.5) is 4.79 Å². The van der Waals surface area contributed by atoms with Gasteiger partial charge in [0.1, 0.15) is 0 Å². The first-order valence-electron chi connectivity index (χ1n) is 17.0. The number of fused-ring (bicyclic) bond motifs is 1. The zero-order chi connectivity index (χ0) is 37.7. The van der Waals surface area contributed by atoms with Crippen molar-refractivity contribution in [3.05, 3.63) is 102 Å². The number of alkyl halides is 1. The summed E-state index contributed by atoms with van der Waals surface area (Å²) >= 11 is -2.81. The molecule has 1 heterocycles. The molecule has 0 spiro atoms. The topological polar surface area (TPSA) is 240 Å². The summed E-state index contributed by atoms with van der Waals surface area (Å²) in [5.41, 5.74) is 18.2. The Morgan fingerprint density at radius 1 is 0.769 bits per heavy atom. The van der Waals surface area contributed by atoms with Gasteiger partial charge in [-0.25, -0.2) is 4.98 Å². The van der Waals surface area contributed by atoms with E-state index in [-0.39, 0.29) is 19.3 Å². The standard InChI is InChI=1S/C37H48IN9O5/c1-37(2,41)35(51)46-31(21-28-22-42-23-43-28)33(49)44-29(20-25-14-15-26-12-6-7-13-27(26)18-25)32(48)45-30(19-24-10-4-3-5-11-24)34(50)47-38(36(40)52)16-8-9-17-39/h3-7,10-15,18,22-23,29-31H,8-9,16-17,19-21,39,41H2,1-2H3,(H2,40,52)(H,42,43)(H,44,49)(H,45,48)(H,46,51)(H,47,50). The molecule has 0 saturated heterocycles. The van der Waals surface area contributed by atoms with Crippen molar-refractivity contribution in [1.29, 1.82) is 0 Å². The number of H-pyrrole nitrogens is 1. The Hall–Kier alpha value is -4.87. The third-order valence-electron chi connectivity index (χ3n) is 8.20. The number of aromatic nitrogens is 2. The van der Waals surface area contributed by atoms with Crippen molar-refractivity contribution in [2.45, 2.75) is 69.6 Å². The van der Waals surface area contributed by atoms with Crippen LogP contribution in [0.15, 0.2) is 85.3 Å². The van der Waals surface area contributed by atoms with Crippen LogP contribution in [-0.2, 0) is 38.4 Å². The van der Waals surface area contributed by atoms with Crippen molar-refractivity contribution in [2.75, 3.05) is 11.0 Å². The summed E-state index contributed by atoms with van der Waals surface area (Å²) in [6.07, 6.45) is 4.53. The van der Waals surface area contributed by atoms with E-state index in [4.69, 9.17) is 17.2 Å². The molecule has 4 rings (SSSR count). The maximum absolute atomic E-state index is 14.3. The first kappa shape index (κ1) is 39.9. The molecule has 3 atom stereocenters. The third-order valence-corrected chi connectivity index (χ3v) is 12.5. The number of hydrogen-bond donors (Lipinski definition) is 8. The van der Waals surface area contributed by atoms with Crippen molar-refractivity contribution in [2.24, 2.45) is 17.2 Å². The van der Waals surface area contributed by atoms with Gasteiger partial charge in [0.15, 0.2) is 0 Å². The fourth-order valence-corrected chi connectivity index (χ4v) is 8.71. The van der Waals surface area contributed by atoms with Gasteiger partial charge < -0.3 is 5.73 Å². The Morgan fingerprint density at radius 3 is 2.00 bits per heavy atom. The van der Waals surface area contributed by atoms with Crippen LogP contribution in [0.2, 0.25) is 0 Å². The summed E-state index contributed by atoms with van der Waals surface area (Å²) in [7, 11) is 0. The van der Waals surface area contributed by atoms with Crippen LogP contribution >= 0.6 is 20.1 Å². The van der Waals surface area contributed by atoms with Crippen molar-refractivity contribution in [3.63, 3.8) is 0 Å². The molecular weight excluding hydrogens is 777 g/mol. The van der Waals surface area contributed by atoms with Gasteiger partial charge in [0.05, 0.1) is 6.33 Å². The van der Waals surface area contributed by atoms with E-state index in [1.807, 2.05) is 72.8 Å². The van der Waals surface area contributed by atoms with E-state index < -0.39 is 71.3 Å². The van der Waals surface area contributed by atoms with Gasteiger partial charge in [0, 0.05) is 0 Å². The van der Waals surface area contributed by atoms with Crippen LogP contribution in [-0.4, -0.2) is 72.1 Å². The molecule has 0 radical (unpaired) electrons. The fraction of sp³-hybridized carbons (Fsp3) is 0.351. The Morgan fingerprint density at radius 2 is 1.38 bits per heavy atom. The second-order valence-electron chi connectivity index (χ2n) is 13.0. The number of hydrogen-bond acceptors (Lipinski definition) is 8. The molecule has 5 amide bonds. The van der Waals surface area contributed by atoms with E-state index >= 15 is 0 Å². The molecule has 0 saturated carbocycles. The molecule has 0 aliphatic carbocycles. The van der Waals surface area contributed by atoms with Gasteiger partial charge in [0.2, 0.25) is 0 Å². The second-order valence-corrected chi connectivity index (χ2v) is 17.8. The summed E-state index contributed by atoms with van der Waals surface area (Å²) in [5, 5.41) is 10.3. The van der Waals surface area contributed by atoms with Gasteiger partial charge >= 0.3 is 275 Å². The maximum atomic E-state index is 14.3. The fourth-order valence-electron chi connectivity index (χ4n) is 5.32. The molecule has 15 heteroatoms. The minimum atomic E-state index is -2.81. The van der Waals surface area contributed by atoms with E-state index in [9.17, 15) is 24.0 Å². The minimum absolute atomic E-state index is 0.0425. The zero-order valence-corrected chi connectivity index (χ0v) is 31.5. The molecule has 0 aliphatic heterocycles. The summed E-state index contributed by atoms with van der Waals surface area (Å²) in [4.78, 5) is 74.3. The molecule has 0 bridgehead atoms. The molecule has 0 fully saturated rings. The van der Waals surface area contributed by atoms with E-state index in [1.54, 1.807) is 0 Å². The number of nitrogens with zero attached hydrogens (tertiary/aromatic N) is 1. The molecule has 278 valence electrons. The van der Waals surface area contributed by atoms with Crippen LogP contribution < -0.4 is 36.7 Å². The Kier molecular flexibility index (Phi) is 14.7. The Balaban J connectivity index is 1.65. The number of nitrogens with one attached hydrogen (secondary N) is 5. The van der Waals surface area contributed by atoms with Gasteiger partial charge in [-0.2, -0.15) is 0 Å². The predicted molar refractivity (Wildman–Crippen MR) is 209 cm³/mol.